The van der Waals surface area contributed by atoms with E-state index < -0.39 is 0 Å². The molecule has 0 aliphatic carbocycles. The Morgan fingerprint density at radius 1 is 1.36 bits per heavy atom. The molecule has 0 saturated heterocycles. The van der Waals surface area contributed by atoms with Gasteiger partial charge in [-0.25, -0.2) is 4.98 Å². The number of pyridine rings is 1. The van der Waals surface area contributed by atoms with Gasteiger partial charge < -0.3 is 4.40 Å². The molecule has 0 bridgehead atoms. The summed E-state index contributed by atoms with van der Waals surface area (Å²) in [5.41, 5.74) is 2.45. The topological polar surface area (TPSA) is 17.3 Å². The van der Waals surface area contributed by atoms with Crippen LogP contribution in [0.4, 0.5) is 0 Å². The summed E-state index contributed by atoms with van der Waals surface area (Å²) in [5.74, 6) is 1.83. The number of hydrogen-bond donors (Lipinski definition) is 0. The molecule has 0 N–H and O–H groups in total. The minimum absolute atomic E-state index is 0.653. The van der Waals surface area contributed by atoms with Crippen LogP contribution in [0.25, 0.3) is 5.52 Å². The van der Waals surface area contributed by atoms with Crippen LogP contribution < -0.4 is 0 Å². The highest BCUT2D eigenvalue weighted by molar-refractivity contribution is 5.47. The zero-order chi connectivity index (χ0) is 10.1. The molecule has 0 aliphatic heterocycles. The summed E-state index contributed by atoms with van der Waals surface area (Å²) in [5, 5.41) is 0. The summed E-state index contributed by atoms with van der Waals surface area (Å²) in [6, 6.07) is 6.30. The van der Waals surface area contributed by atoms with Crippen LogP contribution in [0.2, 0.25) is 0 Å². The molecule has 0 spiro atoms. The van der Waals surface area contributed by atoms with E-state index in [1.165, 1.54) is 17.0 Å². The van der Waals surface area contributed by atoms with Crippen LogP contribution in [-0.4, -0.2) is 9.38 Å². The van der Waals surface area contributed by atoms with Crippen LogP contribution in [0, 0.1) is 12.8 Å². The summed E-state index contributed by atoms with van der Waals surface area (Å²) in [6.07, 6.45) is 2.99. The number of rotatable bonds is 2. The smallest absolute Gasteiger partial charge is 0.113 e. The van der Waals surface area contributed by atoms with Gasteiger partial charge in [0.25, 0.3) is 0 Å². The monoisotopic (exact) mass is 188 g/mol. The Kier molecular flexibility index (Phi) is 2.28. The first-order valence-electron chi connectivity index (χ1n) is 5.10. The van der Waals surface area contributed by atoms with Crippen molar-refractivity contribution in [3.8, 4) is 0 Å². The standard InChI is InChI=1S/C12H16N2/c1-9(2)7-12-13-8-11-6-4-5-10(3)14(11)12/h4-6,8-9H,7H2,1-3H3. The van der Waals surface area contributed by atoms with E-state index in [9.17, 15) is 0 Å². The van der Waals surface area contributed by atoms with E-state index in [1.807, 2.05) is 6.20 Å². The molecule has 0 saturated carbocycles. The summed E-state index contributed by atoms with van der Waals surface area (Å²) in [6.45, 7) is 6.57. The van der Waals surface area contributed by atoms with Crippen molar-refractivity contribution in [1.29, 1.82) is 0 Å². The van der Waals surface area contributed by atoms with Crippen molar-refractivity contribution >= 4 is 5.52 Å². The Hall–Kier alpha value is -1.31. The second-order valence-corrected chi connectivity index (χ2v) is 4.20. The highest BCUT2D eigenvalue weighted by atomic mass is 15.0. The minimum atomic E-state index is 0.653. The normalized spacial score (nSPS) is 11.4. The van der Waals surface area contributed by atoms with Gasteiger partial charge in [0.15, 0.2) is 0 Å². The highest BCUT2D eigenvalue weighted by Crippen LogP contribution is 2.13. The fourth-order valence-electron chi connectivity index (χ4n) is 1.80. The molecule has 0 aliphatic rings. The van der Waals surface area contributed by atoms with Gasteiger partial charge in [0, 0.05) is 12.1 Å². The maximum atomic E-state index is 4.46. The summed E-state index contributed by atoms with van der Waals surface area (Å²) in [4.78, 5) is 4.46. The van der Waals surface area contributed by atoms with Gasteiger partial charge in [0.1, 0.15) is 5.82 Å². The van der Waals surface area contributed by atoms with Gasteiger partial charge in [-0.15, -0.1) is 0 Å². The molecule has 0 atom stereocenters. The third-order valence-corrected chi connectivity index (χ3v) is 2.41. The largest absolute Gasteiger partial charge is 0.301 e. The predicted octanol–water partition coefficient (Wildman–Crippen LogP) is 2.84. The fraction of sp³-hybridized carbons (Fsp3) is 0.417. The third-order valence-electron chi connectivity index (χ3n) is 2.41. The maximum Gasteiger partial charge on any atom is 0.113 e. The highest BCUT2D eigenvalue weighted by Gasteiger charge is 2.06. The molecule has 2 rings (SSSR count). The summed E-state index contributed by atoms with van der Waals surface area (Å²) < 4.78 is 2.24. The van der Waals surface area contributed by atoms with Gasteiger partial charge in [0.05, 0.1) is 11.7 Å². The van der Waals surface area contributed by atoms with Gasteiger partial charge in [-0.1, -0.05) is 19.9 Å². The molecule has 74 valence electrons. The van der Waals surface area contributed by atoms with Gasteiger partial charge >= 0.3 is 0 Å². The average molecular weight is 188 g/mol. The quantitative estimate of drug-likeness (QED) is 0.708. The number of fused-ring (bicyclic) bond motifs is 1. The van der Waals surface area contributed by atoms with Crippen molar-refractivity contribution in [3.05, 3.63) is 35.9 Å². The van der Waals surface area contributed by atoms with Crippen molar-refractivity contribution in [2.45, 2.75) is 27.2 Å². The van der Waals surface area contributed by atoms with Crippen LogP contribution in [0.5, 0.6) is 0 Å². The first-order chi connectivity index (χ1) is 6.68. The van der Waals surface area contributed by atoms with Crippen molar-refractivity contribution in [2.24, 2.45) is 5.92 Å². The number of hydrogen-bond acceptors (Lipinski definition) is 1. The van der Waals surface area contributed by atoms with Gasteiger partial charge in [-0.2, -0.15) is 0 Å². The fourth-order valence-corrected chi connectivity index (χ4v) is 1.80. The van der Waals surface area contributed by atoms with E-state index in [0.29, 0.717) is 5.92 Å². The predicted molar refractivity (Wildman–Crippen MR) is 58.5 cm³/mol. The molecule has 2 aromatic rings. The molecule has 0 amide bonds. The minimum Gasteiger partial charge on any atom is -0.301 e. The lowest BCUT2D eigenvalue weighted by Crippen LogP contribution is -2.02. The molecular weight excluding hydrogens is 172 g/mol. The Morgan fingerprint density at radius 2 is 2.14 bits per heavy atom. The Labute approximate surface area is 84.6 Å². The molecule has 0 radical (unpaired) electrons. The number of aryl methyl sites for hydroxylation is 1. The Morgan fingerprint density at radius 3 is 2.86 bits per heavy atom. The second kappa shape index (κ2) is 3.45. The van der Waals surface area contributed by atoms with Crippen LogP contribution in [-0.2, 0) is 6.42 Å². The first kappa shape index (κ1) is 9.25. The number of aromatic nitrogens is 2. The molecule has 0 fully saturated rings. The van der Waals surface area contributed by atoms with Crippen molar-refractivity contribution < 1.29 is 0 Å². The van der Waals surface area contributed by atoms with Crippen LogP contribution in [0.3, 0.4) is 0 Å². The molecule has 0 unspecified atom stereocenters. The van der Waals surface area contributed by atoms with E-state index in [1.54, 1.807) is 0 Å². The van der Waals surface area contributed by atoms with E-state index in [0.717, 1.165) is 6.42 Å². The van der Waals surface area contributed by atoms with Gasteiger partial charge in [-0.05, 0) is 25.0 Å². The van der Waals surface area contributed by atoms with Crippen molar-refractivity contribution in [2.75, 3.05) is 0 Å². The van der Waals surface area contributed by atoms with E-state index >= 15 is 0 Å². The van der Waals surface area contributed by atoms with Crippen LogP contribution in [0.15, 0.2) is 24.4 Å². The molecule has 2 nitrogen and oxygen atoms in total. The van der Waals surface area contributed by atoms with Crippen LogP contribution >= 0.6 is 0 Å². The van der Waals surface area contributed by atoms with E-state index in [4.69, 9.17) is 0 Å². The lowest BCUT2D eigenvalue weighted by molar-refractivity contribution is 0.617. The molecule has 2 heteroatoms. The molecule has 2 aromatic heterocycles. The molecule has 2 heterocycles. The Balaban J connectivity index is 2.55. The Bertz CT molecular complexity index is 441. The number of imidazole rings is 1. The summed E-state index contributed by atoms with van der Waals surface area (Å²) in [7, 11) is 0. The lowest BCUT2D eigenvalue weighted by atomic mass is 10.1. The zero-order valence-electron chi connectivity index (χ0n) is 8.99. The second-order valence-electron chi connectivity index (χ2n) is 4.20. The zero-order valence-corrected chi connectivity index (χ0v) is 8.99. The van der Waals surface area contributed by atoms with E-state index in [-0.39, 0.29) is 0 Å². The molecular formula is C12H16N2. The first-order valence-corrected chi connectivity index (χ1v) is 5.10. The third kappa shape index (κ3) is 1.52. The average Bonchev–Trinajstić information content (AvgIpc) is 2.49. The molecule has 14 heavy (non-hydrogen) atoms. The van der Waals surface area contributed by atoms with Gasteiger partial charge in [0.2, 0.25) is 0 Å². The summed E-state index contributed by atoms with van der Waals surface area (Å²) >= 11 is 0. The molecule has 0 aromatic carbocycles. The van der Waals surface area contributed by atoms with E-state index in [2.05, 4.69) is 48.4 Å². The number of nitrogens with zero attached hydrogens (tertiary/aromatic N) is 2. The lowest BCUT2D eigenvalue weighted by Gasteiger charge is -2.06. The SMILES string of the molecule is Cc1cccc2cnc(CC(C)C)n12. The van der Waals surface area contributed by atoms with Crippen LogP contribution in [0.1, 0.15) is 25.4 Å². The van der Waals surface area contributed by atoms with Crippen molar-refractivity contribution in [3.63, 3.8) is 0 Å². The van der Waals surface area contributed by atoms with Crippen molar-refractivity contribution in [1.82, 2.24) is 9.38 Å². The van der Waals surface area contributed by atoms with Gasteiger partial charge in [-0.3, -0.25) is 0 Å². The maximum absolute atomic E-state index is 4.46.